The first-order valence-corrected chi connectivity index (χ1v) is 8.06. The summed E-state index contributed by atoms with van der Waals surface area (Å²) in [6.45, 7) is 5.75. The van der Waals surface area contributed by atoms with Gasteiger partial charge in [0.1, 0.15) is 5.69 Å². The van der Waals surface area contributed by atoms with Crippen LogP contribution in [0, 0.1) is 5.41 Å². The van der Waals surface area contributed by atoms with Crippen molar-refractivity contribution >= 4 is 5.97 Å². The Labute approximate surface area is 126 Å². The average molecular weight is 288 g/mol. The lowest BCUT2D eigenvalue weighted by molar-refractivity contribution is 0.00714. The van der Waals surface area contributed by atoms with Gasteiger partial charge >= 0.3 is 5.97 Å². The zero-order valence-electron chi connectivity index (χ0n) is 12.8. The zero-order chi connectivity index (χ0) is 14.7. The predicted molar refractivity (Wildman–Crippen MR) is 81.2 cm³/mol. The average Bonchev–Trinajstić information content (AvgIpc) is 2.94. The minimum atomic E-state index is -0.326. The maximum Gasteiger partial charge on any atom is 0.356 e. The van der Waals surface area contributed by atoms with Crippen LogP contribution >= 0.6 is 0 Å². The molecule has 0 atom stereocenters. The Morgan fingerprint density at radius 1 is 1.33 bits per heavy atom. The molecule has 3 rings (SSSR count). The van der Waals surface area contributed by atoms with Crippen LogP contribution in [-0.4, -0.2) is 42.1 Å². The highest BCUT2D eigenvalue weighted by molar-refractivity contribution is 5.87. The SMILES string of the molecule is CCOC(=O)c1cccc(CCN2CC3(CCCC3)C2)n1. The van der Waals surface area contributed by atoms with Gasteiger partial charge in [-0.3, -0.25) is 0 Å². The van der Waals surface area contributed by atoms with Gasteiger partial charge in [0.15, 0.2) is 0 Å². The van der Waals surface area contributed by atoms with Crippen molar-refractivity contribution in [3.63, 3.8) is 0 Å². The van der Waals surface area contributed by atoms with Gasteiger partial charge in [-0.15, -0.1) is 0 Å². The number of carbonyl (C=O) groups excluding carboxylic acids is 1. The summed E-state index contributed by atoms with van der Waals surface area (Å²) in [5.41, 5.74) is 2.05. The maximum atomic E-state index is 11.7. The fraction of sp³-hybridized carbons (Fsp3) is 0.647. The van der Waals surface area contributed by atoms with Crippen molar-refractivity contribution in [1.29, 1.82) is 0 Å². The Kier molecular flexibility index (Phi) is 4.24. The Morgan fingerprint density at radius 3 is 2.81 bits per heavy atom. The molecule has 114 valence electrons. The van der Waals surface area contributed by atoms with Gasteiger partial charge in [0.2, 0.25) is 0 Å². The summed E-state index contributed by atoms with van der Waals surface area (Å²) in [4.78, 5) is 18.6. The van der Waals surface area contributed by atoms with E-state index in [-0.39, 0.29) is 5.97 Å². The number of aromatic nitrogens is 1. The molecule has 1 aliphatic heterocycles. The van der Waals surface area contributed by atoms with Crippen molar-refractivity contribution in [1.82, 2.24) is 9.88 Å². The molecular formula is C17H24N2O2. The summed E-state index contributed by atoms with van der Waals surface area (Å²) in [6.07, 6.45) is 6.57. The van der Waals surface area contributed by atoms with Gasteiger partial charge in [-0.05, 0) is 37.3 Å². The molecule has 0 N–H and O–H groups in total. The molecule has 0 amide bonds. The van der Waals surface area contributed by atoms with E-state index in [2.05, 4.69) is 9.88 Å². The Balaban J connectivity index is 1.49. The van der Waals surface area contributed by atoms with E-state index < -0.39 is 0 Å². The van der Waals surface area contributed by atoms with E-state index in [1.807, 2.05) is 19.1 Å². The molecule has 4 nitrogen and oxygen atoms in total. The highest BCUT2D eigenvalue weighted by Crippen LogP contribution is 2.45. The van der Waals surface area contributed by atoms with Crippen molar-refractivity contribution in [2.75, 3.05) is 26.2 Å². The number of esters is 1. The van der Waals surface area contributed by atoms with Crippen molar-refractivity contribution in [3.8, 4) is 0 Å². The lowest BCUT2D eigenvalue weighted by Crippen LogP contribution is -2.55. The van der Waals surface area contributed by atoms with E-state index >= 15 is 0 Å². The summed E-state index contributed by atoms with van der Waals surface area (Å²) in [5, 5.41) is 0. The summed E-state index contributed by atoms with van der Waals surface area (Å²) < 4.78 is 4.99. The molecular weight excluding hydrogens is 264 g/mol. The van der Waals surface area contributed by atoms with Crippen molar-refractivity contribution in [2.24, 2.45) is 5.41 Å². The topological polar surface area (TPSA) is 42.4 Å². The molecule has 1 spiro atoms. The largest absolute Gasteiger partial charge is 0.461 e. The van der Waals surface area contributed by atoms with E-state index in [9.17, 15) is 4.79 Å². The molecule has 1 aliphatic carbocycles. The van der Waals surface area contributed by atoms with E-state index in [0.717, 1.165) is 18.7 Å². The smallest absolute Gasteiger partial charge is 0.356 e. The van der Waals surface area contributed by atoms with Crippen LogP contribution in [0.25, 0.3) is 0 Å². The lowest BCUT2D eigenvalue weighted by atomic mass is 9.78. The van der Waals surface area contributed by atoms with E-state index in [0.29, 0.717) is 17.7 Å². The number of hydrogen-bond donors (Lipinski definition) is 0. The van der Waals surface area contributed by atoms with Gasteiger partial charge < -0.3 is 9.64 Å². The number of likely N-dealkylation sites (tertiary alicyclic amines) is 1. The van der Waals surface area contributed by atoms with Crippen molar-refractivity contribution in [2.45, 2.75) is 39.0 Å². The molecule has 0 bridgehead atoms. The van der Waals surface area contributed by atoms with Crippen LogP contribution in [0.15, 0.2) is 18.2 Å². The third-order valence-electron chi connectivity index (χ3n) is 4.76. The second kappa shape index (κ2) is 6.14. The normalized spacial score (nSPS) is 20.4. The second-order valence-corrected chi connectivity index (χ2v) is 6.40. The molecule has 1 aromatic heterocycles. The Hall–Kier alpha value is -1.42. The van der Waals surface area contributed by atoms with Gasteiger partial charge in [-0.2, -0.15) is 0 Å². The number of hydrogen-bond acceptors (Lipinski definition) is 4. The van der Waals surface area contributed by atoms with E-state index in [4.69, 9.17) is 4.74 Å². The molecule has 2 aliphatic rings. The van der Waals surface area contributed by atoms with E-state index in [1.54, 1.807) is 6.07 Å². The number of pyridine rings is 1. The van der Waals surface area contributed by atoms with Crippen LogP contribution in [0.3, 0.4) is 0 Å². The molecule has 2 heterocycles. The number of ether oxygens (including phenoxy) is 1. The van der Waals surface area contributed by atoms with Crippen LogP contribution in [0.5, 0.6) is 0 Å². The van der Waals surface area contributed by atoms with Crippen molar-refractivity contribution < 1.29 is 9.53 Å². The highest BCUT2D eigenvalue weighted by Gasteiger charge is 2.43. The van der Waals surface area contributed by atoms with Crippen LogP contribution < -0.4 is 0 Å². The third-order valence-corrected chi connectivity index (χ3v) is 4.76. The van der Waals surface area contributed by atoms with Gasteiger partial charge in [0.05, 0.1) is 6.61 Å². The first-order valence-electron chi connectivity index (χ1n) is 8.06. The van der Waals surface area contributed by atoms with Gasteiger partial charge in [-0.25, -0.2) is 9.78 Å². The molecule has 1 aromatic rings. The quantitative estimate of drug-likeness (QED) is 0.781. The fourth-order valence-corrected chi connectivity index (χ4v) is 3.71. The minimum Gasteiger partial charge on any atom is -0.461 e. The Morgan fingerprint density at radius 2 is 2.10 bits per heavy atom. The molecule has 4 heteroatoms. The minimum absolute atomic E-state index is 0.326. The molecule has 1 saturated heterocycles. The Bertz CT molecular complexity index is 501. The van der Waals surface area contributed by atoms with Gasteiger partial charge in [0, 0.05) is 31.7 Å². The zero-order valence-corrected chi connectivity index (χ0v) is 12.8. The van der Waals surface area contributed by atoms with Gasteiger partial charge in [0.25, 0.3) is 0 Å². The second-order valence-electron chi connectivity index (χ2n) is 6.40. The first kappa shape index (κ1) is 14.5. The summed E-state index contributed by atoms with van der Waals surface area (Å²) in [6, 6.07) is 5.61. The van der Waals surface area contributed by atoms with Crippen LogP contribution in [-0.2, 0) is 11.2 Å². The van der Waals surface area contributed by atoms with Crippen LogP contribution in [0.2, 0.25) is 0 Å². The molecule has 0 unspecified atom stereocenters. The molecule has 2 fully saturated rings. The molecule has 0 radical (unpaired) electrons. The molecule has 21 heavy (non-hydrogen) atoms. The number of carbonyl (C=O) groups is 1. The monoisotopic (exact) mass is 288 g/mol. The maximum absolute atomic E-state index is 11.7. The third kappa shape index (κ3) is 3.26. The fourth-order valence-electron chi connectivity index (χ4n) is 3.71. The predicted octanol–water partition coefficient (Wildman–Crippen LogP) is 2.68. The van der Waals surface area contributed by atoms with Gasteiger partial charge in [-0.1, -0.05) is 18.9 Å². The van der Waals surface area contributed by atoms with Crippen molar-refractivity contribution in [3.05, 3.63) is 29.6 Å². The summed E-state index contributed by atoms with van der Waals surface area (Å²) in [5.74, 6) is -0.326. The first-order chi connectivity index (χ1) is 10.2. The van der Waals surface area contributed by atoms with Crippen LogP contribution in [0.4, 0.5) is 0 Å². The summed E-state index contributed by atoms with van der Waals surface area (Å²) >= 11 is 0. The standard InChI is InChI=1S/C17H24N2O2/c1-2-21-16(20)15-7-5-6-14(18-15)8-11-19-12-17(13-19)9-3-4-10-17/h5-7H,2-4,8-13H2,1H3. The number of nitrogens with zero attached hydrogens (tertiary/aromatic N) is 2. The van der Waals surface area contributed by atoms with Crippen LogP contribution in [0.1, 0.15) is 48.8 Å². The number of rotatable bonds is 5. The summed E-state index contributed by atoms with van der Waals surface area (Å²) in [7, 11) is 0. The highest BCUT2D eigenvalue weighted by atomic mass is 16.5. The molecule has 0 aromatic carbocycles. The molecule has 1 saturated carbocycles. The lowest BCUT2D eigenvalue weighted by Gasteiger charge is -2.48. The van der Waals surface area contributed by atoms with E-state index in [1.165, 1.54) is 38.8 Å².